The Morgan fingerprint density at radius 1 is 1.45 bits per heavy atom. The van der Waals surface area contributed by atoms with Gasteiger partial charge in [0.15, 0.2) is 11.6 Å². The summed E-state index contributed by atoms with van der Waals surface area (Å²) in [6, 6.07) is 3.62. The van der Waals surface area contributed by atoms with Crippen LogP contribution in [0.4, 0.5) is 0 Å². The molecular weight excluding hydrogens is 278 g/mol. The molecule has 0 bridgehead atoms. The van der Waals surface area contributed by atoms with Crippen molar-refractivity contribution in [1.82, 2.24) is 25.5 Å². The first-order valence-electron chi connectivity index (χ1n) is 5.83. The van der Waals surface area contributed by atoms with Crippen molar-refractivity contribution in [2.45, 2.75) is 17.3 Å². The first-order chi connectivity index (χ1) is 9.61. The van der Waals surface area contributed by atoms with Crippen LogP contribution in [0.15, 0.2) is 29.7 Å². The quantitative estimate of drug-likeness (QED) is 0.620. The highest BCUT2D eigenvalue weighted by atomic mass is 32.2. The van der Waals surface area contributed by atoms with Crippen molar-refractivity contribution < 1.29 is 9.59 Å². The second-order valence-corrected chi connectivity index (χ2v) is 5.00. The number of carbonyl (C=O) groups is 2. The van der Waals surface area contributed by atoms with Crippen LogP contribution in [0.5, 0.6) is 0 Å². The Hall–Kier alpha value is -2.22. The number of hydrogen-bond acceptors (Lipinski definition) is 6. The van der Waals surface area contributed by atoms with E-state index < -0.39 is 5.25 Å². The Balaban J connectivity index is 2.17. The molecule has 8 heteroatoms. The Bertz CT molecular complexity index is 613. The van der Waals surface area contributed by atoms with E-state index in [1.165, 1.54) is 14.0 Å². The number of nitrogens with zero attached hydrogens (tertiary/aromatic N) is 3. The first kappa shape index (κ1) is 14.2. The van der Waals surface area contributed by atoms with Crippen LogP contribution in [-0.2, 0) is 9.59 Å². The predicted octanol–water partition coefficient (Wildman–Crippen LogP) is 0.662. The van der Waals surface area contributed by atoms with E-state index in [0.717, 1.165) is 17.3 Å². The normalized spacial score (nSPS) is 11.9. The number of thioether (sulfide) groups is 1. The third-order valence-corrected chi connectivity index (χ3v) is 3.65. The molecule has 2 aromatic heterocycles. The number of nitrogens with one attached hydrogen (secondary N) is 2. The fraction of sp³-hybridized carbons (Fsp3) is 0.250. The van der Waals surface area contributed by atoms with Gasteiger partial charge in [-0.15, -0.1) is 5.10 Å². The second kappa shape index (κ2) is 6.29. The molecule has 0 aliphatic carbocycles. The fourth-order valence-electron chi connectivity index (χ4n) is 1.49. The van der Waals surface area contributed by atoms with Crippen LogP contribution < -0.4 is 5.32 Å². The number of aromatic nitrogens is 4. The van der Waals surface area contributed by atoms with E-state index in [9.17, 15) is 9.59 Å². The van der Waals surface area contributed by atoms with Gasteiger partial charge in [0, 0.05) is 25.0 Å². The summed E-state index contributed by atoms with van der Waals surface area (Å²) in [5.74, 6) is -0.0721. The van der Waals surface area contributed by atoms with Crippen molar-refractivity contribution in [2.75, 3.05) is 7.05 Å². The molecule has 0 saturated heterocycles. The van der Waals surface area contributed by atoms with Crippen LogP contribution in [0.25, 0.3) is 11.4 Å². The smallest absolute Gasteiger partial charge is 0.240 e. The Kier molecular flexibility index (Phi) is 4.46. The molecule has 0 unspecified atom stereocenters. The van der Waals surface area contributed by atoms with Crippen molar-refractivity contribution in [2.24, 2.45) is 0 Å². The Morgan fingerprint density at radius 3 is 2.85 bits per heavy atom. The van der Waals surface area contributed by atoms with Gasteiger partial charge in [-0.05, 0) is 19.1 Å². The molecule has 20 heavy (non-hydrogen) atoms. The van der Waals surface area contributed by atoms with Crippen molar-refractivity contribution in [3.63, 3.8) is 0 Å². The lowest BCUT2D eigenvalue weighted by Crippen LogP contribution is -2.34. The van der Waals surface area contributed by atoms with E-state index in [1.54, 1.807) is 18.5 Å². The molecule has 2 rings (SSSR count). The van der Waals surface area contributed by atoms with Crippen molar-refractivity contribution >= 4 is 23.5 Å². The molecule has 1 amide bonds. The third kappa shape index (κ3) is 3.21. The van der Waals surface area contributed by atoms with Crippen molar-refractivity contribution in [3.05, 3.63) is 24.5 Å². The molecule has 1 atom stereocenters. The summed E-state index contributed by atoms with van der Waals surface area (Å²) < 4.78 is 0. The summed E-state index contributed by atoms with van der Waals surface area (Å²) in [7, 11) is 1.48. The van der Waals surface area contributed by atoms with E-state index in [-0.39, 0.29) is 11.7 Å². The minimum absolute atomic E-state index is 0.248. The van der Waals surface area contributed by atoms with Gasteiger partial charge in [-0.25, -0.2) is 4.98 Å². The number of Topliss-reactive ketones (excluding diaryl/α,β-unsaturated/α-hetero) is 1. The van der Waals surface area contributed by atoms with Gasteiger partial charge in [0.1, 0.15) is 5.25 Å². The SMILES string of the molecule is CNC(=O)[C@@H](Sc1n[nH]c(-c2cccnc2)n1)C(C)=O. The molecule has 2 N–H and O–H groups in total. The second-order valence-electron chi connectivity index (χ2n) is 3.93. The highest BCUT2D eigenvalue weighted by Gasteiger charge is 2.25. The Labute approximate surface area is 119 Å². The van der Waals surface area contributed by atoms with Gasteiger partial charge in [-0.1, -0.05) is 11.8 Å². The van der Waals surface area contributed by atoms with E-state index >= 15 is 0 Å². The standard InChI is InChI=1S/C12H13N5O2S/c1-7(18)9(11(19)13-2)20-12-15-10(16-17-12)8-4-3-5-14-6-8/h3-6,9H,1-2H3,(H,13,19)(H,15,16,17)/t9-/m0/s1. The van der Waals surface area contributed by atoms with Crippen LogP contribution in [-0.4, -0.2) is 44.2 Å². The number of rotatable bonds is 5. The first-order valence-corrected chi connectivity index (χ1v) is 6.71. The molecule has 0 aromatic carbocycles. The van der Waals surface area contributed by atoms with Gasteiger partial charge in [-0.3, -0.25) is 19.7 Å². The maximum Gasteiger partial charge on any atom is 0.240 e. The summed E-state index contributed by atoms with van der Waals surface area (Å²) in [5.41, 5.74) is 0.783. The predicted molar refractivity (Wildman–Crippen MR) is 74.0 cm³/mol. The number of amides is 1. The highest BCUT2D eigenvalue weighted by molar-refractivity contribution is 8.01. The zero-order chi connectivity index (χ0) is 14.5. The topological polar surface area (TPSA) is 101 Å². The molecule has 2 aromatic rings. The van der Waals surface area contributed by atoms with Crippen LogP contribution >= 0.6 is 11.8 Å². The molecule has 0 aliphatic heterocycles. The van der Waals surface area contributed by atoms with E-state index in [1.807, 2.05) is 6.07 Å². The third-order valence-electron chi connectivity index (χ3n) is 2.48. The Morgan fingerprint density at radius 2 is 2.25 bits per heavy atom. The van der Waals surface area contributed by atoms with E-state index in [2.05, 4.69) is 25.5 Å². The monoisotopic (exact) mass is 291 g/mol. The summed E-state index contributed by atoms with van der Waals surface area (Å²) >= 11 is 1.01. The molecule has 2 heterocycles. The number of carbonyl (C=O) groups excluding carboxylic acids is 2. The van der Waals surface area contributed by atoms with E-state index in [0.29, 0.717) is 11.0 Å². The van der Waals surface area contributed by atoms with Crippen LogP contribution in [0, 0.1) is 0 Å². The van der Waals surface area contributed by atoms with Gasteiger partial charge in [-0.2, -0.15) is 0 Å². The summed E-state index contributed by atoms with van der Waals surface area (Å²) in [5, 5.41) is 8.70. The maximum atomic E-state index is 11.6. The average molecular weight is 291 g/mol. The highest BCUT2D eigenvalue weighted by Crippen LogP contribution is 2.23. The van der Waals surface area contributed by atoms with Gasteiger partial charge in [0.05, 0.1) is 0 Å². The molecule has 0 spiro atoms. The van der Waals surface area contributed by atoms with Gasteiger partial charge in [0.2, 0.25) is 11.1 Å². The van der Waals surface area contributed by atoms with Crippen LogP contribution in [0.1, 0.15) is 6.92 Å². The van der Waals surface area contributed by atoms with Crippen molar-refractivity contribution in [3.8, 4) is 11.4 Å². The van der Waals surface area contributed by atoms with Gasteiger partial charge < -0.3 is 5.32 Å². The number of ketones is 1. The zero-order valence-corrected chi connectivity index (χ0v) is 11.8. The minimum Gasteiger partial charge on any atom is -0.358 e. The summed E-state index contributed by atoms with van der Waals surface area (Å²) in [6.45, 7) is 1.36. The fourth-order valence-corrected chi connectivity index (χ4v) is 2.33. The average Bonchev–Trinajstić information content (AvgIpc) is 2.93. The number of pyridine rings is 1. The lowest BCUT2D eigenvalue weighted by Gasteiger charge is -2.08. The van der Waals surface area contributed by atoms with Crippen molar-refractivity contribution in [1.29, 1.82) is 0 Å². The number of aromatic amines is 1. The molecule has 0 fully saturated rings. The van der Waals surface area contributed by atoms with Crippen LogP contribution in [0.3, 0.4) is 0 Å². The molecule has 7 nitrogen and oxygen atoms in total. The molecule has 0 radical (unpaired) electrons. The number of hydrogen-bond donors (Lipinski definition) is 2. The summed E-state index contributed by atoms with van der Waals surface area (Å²) in [4.78, 5) is 31.3. The van der Waals surface area contributed by atoms with Crippen LogP contribution in [0.2, 0.25) is 0 Å². The number of H-pyrrole nitrogens is 1. The lowest BCUT2D eigenvalue weighted by molar-refractivity contribution is -0.126. The van der Waals surface area contributed by atoms with E-state index in [4.69, 9.17) is 0 Å². The summed E-state index contributed by atoms with van der Waals surface area (Å²) in [6.07, 6.45) is 3.31. The minimum atomic E-state index is -0.849. The largest absolute Gasteiger partial charge is 0.358 e. The molecular formula is C12H13N5O2S. The molecule has 0 saturated carbocycles. The molecule has 104 valence electrons. The lowest BCUT2D eigenvalue weighted by atomic mass is 10.3. The van der Waals surface area contributed by atoms with Gasteiger partial charge >= 0.3 is 0 Å². The zero-order valence-electron chi connectivity index (χ0n) is 11.0. The van der Waals surface area contributed by atoms with Gasteiger partial charge in [0.25, 0.3) is 0 Å². The maximum absolute atomic E-state index is 11.6. The molecule has 0 aliphatic rings.